The Morgan fingerprint density at radius 2 is 2.20 bits per heavy atom. The quantitative estimate of drug-likeness (QED) is 0.481. The molecule has 0 radical (unpaired) electrons. The number of para-hydroxylation sites is 1. The van der Waals surface area contributed by atoms with Crippen LogP contribution in [0.2, 0.25) is 0 Å². The topological polar surface area (TPSA) is 72.6 Å². The maximum atomic E-state index is 11.8. The number of aliphatic imine (C=N–C) groups is 1. The summed E-state index contributed by atoms with van der Waals surface area (Å²) in [6.07, 6.45) is 2.48. The zero-order valence-electron chi connectivity index (χ0n) is 10.7. The molecule has 0 fully saturated rings. The molecular weight excluding hydrogens is 296 g/mol. The van der Waals surface area contributed by atoms with E-state index in [2.05, 4.69) is 11.9 Å². The van der Waals surface area contributed by atoms with Gasteiger partial charge in [0.25, 0.3) is 5.69 Å². The predicted octanol–water partition coefficient (Wildman–Crippen LogP) is 3.71. The van der Waals surface area contributed by atoms with Crippen molar-refractivity contribution < 1.29 is 9.72 Å². The highest BCUT2D eigenvalue weighted by Gasteiger charge is 2.23. The predicted molar refractivity (Wildman–Crippen MR) is 83.9 cm³/mol. The molecule has 104 valence electrons. The van der Waals surface area contributed by atoms with Crippen LogP contribution in [-0.2, 0) is 4.79 Å². The summed E-state index contributed by atoms with van der Waals surface area (Å²) in [5.74, 6) is 0.901. The van der Waals surface area contributed by atoms with Gasteiger partial charge in [0.1, 0.15) is 10.1 Å². The lowest BCUT2D eigenvalue weighted by Crippen LogP contribution is -1.93. The van der Waals surface area contributed by atoms with E-state index in [1.165, 1.54) is 23.9 Å². The van der Waals surface area contributed by atoms with Gasteiger partial charge in [-0.25, -0.2) is 4.99 Å². The molecule has 7 heteroatoms. The Bertz CT molecular complexity index is 611. The Kier molecular flexibility index (Phi) is 4.97. The molecule has 20 heavy (non-hydrogen) atoms. The van der Waals surface area contributed by atoms with Gasteiger partial charge in [0, 0.05) is 6.07 Å². The van der Waals surface area contributed by atoms with Crippen LogP contribution in [-0.4, -0.2) is 20.2 Å². The molecule has 0 saturated carbocycles. The van der Waals surface area contributed by atoms with Gasteiger partial charge in [-0.15, -0.1) is 0 Å². The molecule has 5 nitrogen and oxygen atoms in total. The monoisotopic (exact) mass is 308 g/mol. The first-order chi connectivity index (χ1) is 9.61. The summed E-state index contributed by atoms with van der Waals surface area (Å²) >= 11 is 2.61. The molecule has 0 atom stereocenters. The van der Waals surface area contributed by atoms with Crippen LogP contribution in [0.3, 0.4) is 0 Å². The molecule has 1 aromatic rings. The molecule has 0 N–H and O–H groups in total. The number of nitrogens with zero attached hydrogens (tertiary/aromatic N) is 2. The number of thioether (sulfide) groups is 2. The number of nitro groups is 1. The maximum Gasteiger partial charge on any atom is 0.276 e. The third-order valence-electron chi connectivity index (χ3n) is 2.46. The number of hydrogen-bond acceptors (Lipinski definition) is 6. The molecule has 0 spiro atoms. The van der Waals surface area contributed by atoms with Crippen molar-refractivity contribution in [3.05, 3.63) is 45.6 Å². The Balaban J connectivity index is 2.29. The van der Waals surface area contributed by atoms with Crippen LogP contribution in [0.1, 0.15) is 18.9 Å². The van der Waals surface area contributed by atoms with Gasteiger partial charge in [-0.05, 0) is 36.1 Å². The van der Waals surface area contributed by atoms with Crippen molar-refractivity contribution in [2.75, 3.05) is 5.75 Å². The first-order valence-electron chi connectivity index (χ1n) is 6.00. The van der Waals surface area contributed by atoms with Gasteiger partial charge in [-0.1, -0.05) is 30.8 Å². The largest absolute Gasteiger partial charge is 0.279 e. The molecule has 0 aliphatic carbocycles. The highest BCUT2D eigenvalue weighted by atomic mass is 32.2. The zero-order chi connectivity index (χ0) is 14.5. The van der Waals surface area contributed by atoms with Crippen molar-refractivity contribution in [3.63, 3.8) is 0 Å². The summed E-state index contributed by atoms with van der Waals surface area (Å²) in [6, 6.07) is 6.31. The second kappa shape index (κ2) is 6.71. The standard InChI is InChI=1S/C13H12N2O3S2/c1-2-7-19-13-14-10(12(16)20-13)8-9-5-3-4-6-11(9)15(17)18/h3-6,8H,2,7H2,1H3. The maximum absolute atomic E-state index is 11.8. The number of hydrogen-bond donors (Lipinski definition) is 0. The van der Waals surface area contributed by atoms with E-state index in [4.69, 9.17) is 0 Å². The summed E-state index contributed by atoms with van der Waals surface area (Å²) in [4.78, 5) is 26.5. The molecule has 1 aliphatic rings. The average Bonchev–Trinajstić information content (AvgIpc) is 2.77. The third kappa shape index (κ3) is 3.49. The van der Waals surface area contributed by atoms with E-state index in [1.54, 1.807) is 18.2 Å². The fourth-order valence-electron chi connectivity index (χ4n) is 1.56. The van der Waals surface area contributed by atoms with Crippen molar-refractivity contribution in [3.8, 4) is 0 Å². The lowest BCUT2D eigenvalue weighted by Gasteiger charge is -1.97. The first-order valence-corrected chi connectivity index (χ1v) is 7.81. The molecule has 1 aliphatic heterocycles. The van der Waals surface area contributed by atoms with Crippen LogP contribution in [0.25, 0.3) is 6.08 Å². The SMILES string of the molecule is CCCSC1=NC(=Cc2ccccc2[N+](=O)[O-])C(=O)S1. The highest BCUT2D eigenvalue weighted by Crippen LogP contribution is 2.32. The average molecular weight is 308 g/mol. The molecule has 0 bridgehead atoms. The fourth-order valence-corrected chi connectivity index (χ4v) is 3.33. The van der Waals surface area contributed by atoms with E-state index < -0.39 is 4.92 Å². The molecule has 0 unspecified atom stereocenters. The van der Waals surface area contributed by atoms with E-state index in [0.717, 1.165) is 23.9 Å². The summed E-state index contributed by atoms with van der Waals surface area (Å²) in [5.41, 5.74) is 0.637. The minimum absolute atomic E-state index is 0.0253. The molecule has 0 aromatic heterocycles. The Labute approximate surface area is 124 Å². The van der Waals surface area contributed by atoms with Gasteiger partial charge in [0.2, 0.25) is 5.12 Å². The molecule has 0 saturated heterocycles. The second-order valence-electron chi connectivity index (χ2n) is 3.96. The third-order valence-corrected chi connectivity index (χ3v) is 4.67. The number of nitro benzene ring substituents is 1. The van der Waals surface area contributed by atoms with Crippen LogP contribution in [0.15, 0.2) is 35.0 Å². The summed E-state index contributed by atoms with van der Waals surface area (Å²) in [6.45, 7) is 2.05. The molecule has 2 rings (SSSR count). The Morgan fingerprint density at radius 1 is 1.45 bits per heavy atom. The van der Waals surface area contributed by atoms with Gasteiger partial charge in [-0.3, -0.25) is 14.9 Å². The van der Waals surface area contributed by atoms with E-state index in [0.29, 0.717) is 9.94 Å². The molecule has 0 amide bonds. The summed E-state index contributed by atoms with van der Waals surface area (Å²) in [7, 11) is 0. The number of benzene rings is 1. The molecular formula is C13H12N2O3S2. The Morgan fingerprint density at radius 3 is 2.90 bits per heavy atom. The normalized spacial score (nSPS) is 16.6. The van der Waals surface area contributed by atoms with E-state index in [1.807, 2.05) is 0 Å². The minimum Gasteiger partial charge on any atom is -0.279 e. The van der Waals surface area contributed by atoms with Crippen LogP contribution in [0.4, 0.5) is 5.69 Å². The minimum atomic E-state index is -0.463. The van der Waals surface area contributed by atoms with E-state index in [9.17, 15) is 14.9 Å². The lowest BCUT2D eigenvalue weighted by molar-refractivity contribution is -0.385. The van der Waals surface area contributed by atoms with Crippen LogP contribution < -0.4 is 0 Å². The van der Waals surface area contributed by atoms with E-state index in [-0.39, 0.29) is 16.5 Å². The van der Waals surface area contributed by atoms with Crippen LogP contribution in [0, 0.1) is 10.1 Å². The fraction of sp³-hybridized carbons (Fsp3) is 0.231. The van der Waals surface area contributed by atoms with Crippen molar-refractivity contribution in [1.29, 1.82) is 0 Å². The molecule has 1 aromatic carbocycles. The summed E-state index contributed by atoms with van der Waals surface area (Å²) in [5, 5.41) is 10.8. The van der Waals surface area contributed by atoms with Gasteiger partial charge in [-0.2, -0.15) is 0 Å². The van der Waals surface area contributed by atoms with Crippen molar-refractivity contribution in [2.24, 2.45) is 4.99 Å². The van der Waals surface area contributed by atoms with Crippen LogP contribution in [0.5, 0.6) is 0 Å². The number of rotatable bonds is 4. The zero-order valence-corrected chi connectivity index (χ0v) is 12.4. The Hall–Kier alpha value is -1.60. The number of carbonyl (C=O) groups is 1. The highest BCUT2D eigenvalue weighted by molar-refractivity contribution is 8.45. The van der Waals surface area contributed by atoms with Crippen molar-refractivity contribution in [1.82, 2.24) is 0 Å². The lowest BCUT2D eigenvalue weighted by atomic mass is 10.1. The van der Waals surface area contributed by atoms with E-state index >= 15 is 0 Å². The van der Waals surface area contributed by atoms with Crippen LogP contribution >= 0.6 is 23.5 Å². The van der Waals surface area contributed by atoms with Gasteiger partial charge < -0.3 is 0 Å². The van der Waals surface area contributed by atoms with Gasteiger partial charge in [0.05, 0.1) is 10.5 Å². The second-order valence-corrected chi connectivity index (χ2v) is 6.26. The van der Waals surface area contributed by atoms with Gasteiger partial charge >= 0.3 is 0 Å². The number of carbonyl (C=O) groups excluding carboxylic acids is 1. The smallest absolute Gasteiger partial charge is 0.276 e. The van der Waals surface area contributed by atoms with Crippen molar-refractivity contribution >= 4 is 44.8 Å². The summed E-state index contributed by atoms with van der Waals surface area (Å²) < 4.78 is 0.710. The van der Waals surface area contributed by atoms with Crippen molar-refractivity contribution in [2.45, 2.75) is 13.3 Å². The first kappa shape index (κ1) is 14.8. The van der Waals surface area contributed by atoms with Gasteiger partial charge in [0.15, 0.2) is 0 Å². The molecule has 1 heterocycles.